The van der Waals surface area contributed by atoms with E-state index in [1.165, 1.54) is 0 Å². The molecule has 0 atom stereocenters. The summed E-state index contributed by atoms with van der Waals surface area (Å²) in [5.41, 5.74) is 1.88. The van der Waals surface area contributed by atoms with E-state index < -0.39 is 0 Å². The number of rotatable bonds is 5. The molecule has 0 spiro atoms. The fourth-order valence-corrected chi connectivity index (χ4v) is 2.70. The summed E-state index contributed by atoms with van der Waals surface area (Å²) in [6, 6.07) is 18.9. The van der Waals surface area contributed by atoms with E-state index in [1.807, 2.05) is 75.4 Å². The van der Waals surface area contributed by atoms with Crippen molar-refractivity contribution >= 4 is 23.3 Å². The van der Waals surface area contributed by atoms with Gasteiger partial charge in [-0.05, 0) is 38.5 Å². The average molecular weight is 395 g/mol. The Morgan fingerprint density at radius 1 is 1.00 bits per heavy atom. The molecular weight excluding hydrogens is 372 g/mol. The Morgan fingerprint density at radius 2 is 1.68 bits per heavy atom. The van der Waals surface area contributed by atoms with Gasteiger partial charge in [0.1, 0.15) is 11.5 Å². The number of nitrogens with zero attached hydrogens (tertiary/aromatic N) is 2. The largest absolute Gasteiger partial charge is 0.366 e. The lowest BCUT2D eigenvalue weighted by atomic mass is 10.1. The summed E-state index contributed by atoms with van der Waals surface area (Å²) in [7, 11) is 0. The molecule has 0 saturated carbocycles. The molecule has 5 nitrogen and oxygen atoms in total. The molecule has 6 heteroatoms. The van der Waals surface area contributed by atoms with Gasteiger partial charge in [-0.15, -0.1) is 0 Å². The Morgan fingerprint density at radius 3 is 2.32 bits per heavy atom. The van der Waals surface area contributed by atoms with Crippen molar-refractivity contribution in [3.05, 3.63) is 76.9 Å². The lowest BCUT2D eigenvalue weighted by Gasteiger charge is -2.20. The maximum atomic E-state index is 12.7. The van der Waals surface area contributed by atoms with Crippen LogP contribution < -0.4 is 10.6 Å². The minimum absolute atomic E-state index is 0.235. The zero-order valence-corrected chi connectivity index (χ0v) is 16.9. The first kappa shape index (κ1) is 19.8. The molecule has 3 rings (SSSR count). The molecule has 1 heterocycles. The Labute approximate surface area is 170 Å². The van der Waals surface area contributed by atoms with Gasteiger partial charge in [-0.2, -0.15) is 0 Å². The summed E-state index contributed by atoms with van der Waals surface area (Å²) in [6.45, 7) is 6.36. The van der Waals surface area contributed by atoms with Crippen molar-refractivity contribution in [2.45, 2.75) is 32.9 Å². The van der Waals surface area contributed by atoms with E-state index in [0.29, 0.717) is 28.9 Å². The van der Waals surface area contributed by atoms with Crippen molar-refractivity contribution in [2.75, 3.05) is 5.32 Å². The molecule has 0 aliphatic rings. The molecule has 0 saturated heterocycles. The van der Waals surface area contributed by atoms with Gasteiger partial charge in [-0.3, -0.25) is 4.79 Å². The van der Waals surface area contributed by atoms with E-state index in [-0.39, 0.29) is 11.4 Å². The normalized spacial score (nSPS) is 11.1. The molecule has 0 aliphatic heterocycles. The van der Waals surface area contributed by atoms with Crippen LogP contribution in [0.2, 0.25) is 5.02 Å². The van der Waals surface area contributed by atoms with E-state index in [4.69, 9.17) is 11.6 Å². The number of benzene rings is 2. The summed E-state index contributed by atoms with van der Waals surface area (Å²) in [5, 5.41) is 6.92. The number of hydrogen-bond acceptors (Lipinski definition) is 4. The molecule has 0 unspecified atom stereocenters. The highest BCUT2D eigenvalue weighted by atomic mass is 35.5. The number of anilines is 1. The first-order valence-electron chi connectivity index (χ1n) is 9.05. The number of halogens is 1. The Balaban J connectivity index is 1.90. The van der Waals surface area contributed by atoms with Crippen molar-refractivity contribution in [3.63, 3.8) is 0 Å². The van der Waals surface area contributed by atoms with Crippen LogP contribution in [0.4, 0.5) is 5.82 Å². The number of amides is 1. The second-order valence-corrected chi connectivity index (χ2v) is 7.95. The predicted molar refractivity (Wildman–Crippen MR) is 113 cm³/mol. The van der Waals surface area contributed by atoms with Crippen LogP contribution >= 0.6 is 11.6 Å². The smallest absolute Gasteiger partial charge is 0.270 e. The van der Waals surface area contributed by atoms with Crippen molar-refractivity contribution in [1.82, 2.24) is 15.3 Å². The van der Waals surface area contributed by atoms with Crippen LogP contribution in [0.3, 0.4) is 0 Å². The first-order valence-corrected chi connectivity index (χ1v) is 9.43. The zero-order valence-electron chi connectivity index (χ0n) is 16.2. The molecule has 3 aromatic rings. The van der Waals surface area contributed by atoms with E-state index in [0.717, 1.165) is 11.1 Å². The SMILES string of the molecule is CC(C)(C)NC(=O)c1cc(NCc2ccc(Cl)cc2)nc(-c2ccccc2)n1. The molecule has 0 bridgehead atoms. The predicted octanol–water partition coefficient (Wildman–Crippen LogP) is 4.94. The van der Waals surface area contributed by atoms with Crippen molar-refractivity contribution in [2.24, 2.45) is 0 Å². The molecule has 1 aromatic heterocycles. The van der Waals surface area contributed by atoms with Crippen LogP contribution in [0.1, 0.15) is 36.8 Å². The molecule has 28 heavy (non-hydrogen) atoms. The Hall–Kier alpha value is -2.92. The maximum Gasteiger partial charge on any atom is 0.270 e. The van der Waals surface area contributed by atoms with Gasteiger partial charge in [0.2, 0.25) is 0 Å². The van der Waals surface area contributed by atoms with Crippen LogP contribution in [0.15, 0.2) is 60.7 Å². The minimum Gasteiger partial charge on any atom is -0.366 e. The third kappa shape index (κ3) is 5.54. The number of aromatic nitrogens is 2. The molecule has 0 fully saturated rings. The number of carbonyl (C=O) groups is 1. The molecule has 2 aromatic carbocycles. The van der Waals surface area contributed by atoms with Gasteiger partial charge >= 0.3 is 0 Å². The number of carbonyl (C=O) groups excluding carboxylic acids is 1. The highest BCUT2D eigenvalue weighted by Gasteiger charge is 2.18. The van der Waals surface area contributed by atoms with Gasteiger partial charge in [-0.1, -0.05) is 54.1 Å². The fraction of sp³-hybridized carbons (Fsp3) is 0.227. The maximum absolute atomic E-state index is 12.7. The van der Waals surface area contributed by atoms with Crippen molar-refractivity contribution < 1.29 is 4.79 Å². The second kappa shape index (κ2) is 8.40. The summed E-state index contributed by atoms with van der Waals surface area (Å²) < 4.78 is 0. The third-order valence-electron chi connectivity index (χ3n) is 3.87. The van der Waals surface area contributed by atoms with Crippen LogP contribution in [0.5, 0.6) is 0 Å². The standard InChI is InChI=1S/C22H23ClN4O/c1-22(2,3)27-21(28)18-13-19(24-14-15-9-11-17(23)12-10-15)26-20(25-18)16-7-5-4-6-8-16/h4-13H,14H2,1-3H3,(H,27,28)(H,24,25,26). The summed E-state index contributed by atoms with van der Waals surface area (Å²) in [6.07, 6.45) is 0. The number of hydrogen-bond donors (Lipinski definition) is 2. The molecule has 0 aliphatic carbocycles. The van der Waals surface area contributed by atoms with Crippen molar-refractivity contribution in [3.8, 4) is 11.4 Å². The average Bonchev–Trinajstić information content (AvgIpc) is 2.67. The first-order chi connectivity index (χ1) is 13.3. The monoisotopic (exact) mass is 394 g/mol. The van der Waals surface area contributed by atoms with Gasteiger partial charge in [0, 0.05) is 28.7 Å². The van der Waals surface area contributed by atoms with Gasteiger partial charge in [0.25, 0.3) is 5.91 Å². The minimum atomic E-state index is -0.355. The van der Waals surface area contributed by atoms with E-state index >= 15 is 0 Å². The van der Waals surface area contributed by atoms with Gasteiger partial charge in [-0.25, -0.2) is 9.97 Å². The Bertz CT molecular complexity index is 951. The topological polar surface area (TPSA) is 66.9 Å². The molecule has 0 radical (unpaired) electrons. The van der Waals surface area contributed by atoms with Crippen molar-refractivity contribution in [1.29, 1.82) is 0 Å². The van der Waals surface area contributed by atoms with Gasteiger partial charge in [0.15, 0.2) is 5.82 Å². The van der Waals surface area contributed by atoms with Crippen LogP contribution in [0, 0.1) is 0 Å². The van der Waals surface area contributed by atoms with Crippen LogP contribution in [-0.2, 0) is 6.54 Å². The Kier molecular flexibility index (Phi) is 5.95. The van der Waals surface area contributed by atoms with Gasteiger partial charge < -0.3 is 10.6 Å². The summed E-state index contributed by atoms with van der Waals surface area (Å²) in [4.78, 5) is 21.7. The summed E-state index contributed by atoms with van der Waals surface area (Å²) >= 11 is 5.94. The number of nitrogens with one attached hydrogen (secondary N) is 2. The van der Waals surface area contributed by atoms with Crippen LogP contribution in [-0.4, -0.2) is 21.4 Å². The summed E-state index contributed by atoms with van der Waals surface area (Å²) in [5.74, 6) is 0.852. The molecule has 1 amide bonds. The van der Waals surface area contributed by atoms with E-state index in [9.17, 15) is 4.79 Å². The highest BCUT2D eigenvalue weighted by molar-refractivity contribution is 6.30. The van der Waals surface area contributed by atoms with E-state index in [2.05, 4.69) is 20.6 Å². The van der Waals surface area contributed by atoms with Gasteiger partial charge in [0.05, 0.1) is 0 Å². The van der Waals surface area contributed by atoms with E-state index in [1.54, 1.807) is 6.07 Å². The molecule has 2 N–H and O–H groups in total. The lowest BCUT2D eigenvalue weighted by Crippen LogP contribution is -2.41. The highest BCUT2D eigenvalue weighted by Crippen LogP contribution is 2.19. The molecular formula is C22H23ClN4O. The quantitative estimate of drug-likeness (QED) is 0.643. The fourth-order valence-electron chi connectivity index (χ4n) is 2.57. The second-order valence-electron chi connectivity index (χ2n) is 7.51. The molecule has 144 valence electrons. The third-order valence-corrected chi connectivity index (χ3v) is 4.12. The lowest BCUT2D eigenvalue weighted by molar-refractivity contribution is 0.0914. The zero-order chi connectivity index (χ0) is 20.1. The van der Waals surface area contributed by atoms with Crippen LogP contribution in [0.25, 0.3) is 11.4 Å².